The smallest absolute Gasteiger partial charge is 0.326 e. The monoisotopic (exact) mass is 517 g/mol. The molecule has 4 unspecified atom stereocenters. The molecule has 0 saturated heterocycles. The second-order valence-electron chi connectivity index (χ2n) is 9.42. The summed E-state index contributed by atoms with van der Waals surface area (Å²) in [5.74, 6) is -4.33. The van der Waals surface area contributed by atoms with Crippen molar-refractivity contribution in [3.63, 3.8) is 0 Å². The van der Waals surface area contributed by atoms with Gasteiger partial charge in [0.05, 0.1) is 6.04 Å². The molecule has 2 aromatic rings. The van der Waals surface area contributed by atoms with Crippen LogP contribution in [0.25, 0.3) is 10.9 Å². The first-order valence-electron chi connectivity index (χ1n) is 12.0. The van der Waals surface area contributed by atoms with Crippen molar-refractivity contribution in [2.45, 2.75) is 70.6 Å². The van der Waals surface area contributed by atoms with Crippen LogP contribution in [0.3, 0.4) is 0 Å². The number of benzene rings is 1. The van der Waals surface area contributed by atoms with Crippen LogP contribution in [0.1, 0.15) is 45.6 Å². The number of aromatic amines is 1. The lowest BCUT2D eigenvalue weighted by atomic mass is 10.0. The van der Waals surface area contributed by atoms with E-state index in [9.17, 15) is 29.1 Å². The minimum Gasteiger partial charge on any atom is -0.481 e. The van der Waals surface area contributed by atoms with E-state index in [1.807, 2.05) is 38.1 Å². The van der Waals surface area contributed by atoms with Crippen LogP contribution in [-0.4, -0.2) is 69.0 Å². The molecule has 1 heterocycles. The Morgan fingerprint density at radius 1 is 0.919 bits per heavy atom. The van der Waals surface area contributed by atoms with E-state index in [0.29, 0.717) is 0 Å². The topological polar surface area (TPSA) is 204 Å². The number of nitrogens with one attached hydrogen (secondary N) is 4. The summed E-state index contributed by atoms with van der Waals surface area (Å²) in [5, 5.41) is 26.8. The van der Waals surface area contributed by atoms with E-state index < -0.39 is 53.8 Å². The van der Waals surface area contributed by atoms with Gasteiger partial charge in [0.25, 0.3) is 0 Å². The van der Waals surface area contributed by atoms with Gasteiger partial charge in [0.2, 0.25) is 17.7 Å². The van der Waals surface area contributed by atoms with Crippen LogP contribution in [0.4, 0.5) is 0 Å². The van der Waals surface area contributed by atoms with E-state index >= 15 is 0 Å². The van der Waals surface area contributed by atoms with E-state index in [-0.39, 0.29) is 31.6 Å². The number of aliphatic carboxylic acids is 2. The Balaban J connectivity index is 2.02. The average Bonchev–Trinajstić information content (AvgIpc) is 3.23. The summed E-state index contributed by atoms with van der Waals surface area (Å²) in [6.45, 7) is 5.09. The summed E-state index contributed by atoms with van der Waals surface area (Å²) >= 11 is 0. The lowest BCUT2D eigenvalue weighted by Crippen LogP contribution is -2.56. The molecule has 202 valence electrons. The maximum absolute atomic E-state index is 12.9. The zero-order valence-electron chi connectivity index (χ0n) is 21.1. The Kier molecular flexibility index (Phi) is 10.6. The molecular formula is C25H35N5O7. The lowest BCUT2D eigenvalue weighted by Gasteiger charge is -2.24. The summed E-state index contributed by atoms with van der Waals surface area (Å²) in [5.41, 5.74) is 7.30. The Morgan fingerprint density at radius 3 is 2.19 bits per heavy atom. The molecule has 4 atom stereocenters. The van der Waals surface area contributed by atoms with Crippen LogP contribution >= 0.6 is 0 Å². The van der Waals surface area contributed by atoms with Gasteiger partial charge in [0.15, 0.2) is 0 Å². The molecule has 1 aromatic carbocycles. The number of carboxylic acids is 2. The van der Waals surface area contributed by atoms with Crippen LogP contribution in [0.5, 0.6) is 0 Å². The molecule has 2 rings (SSSR count). The predicted octanol–water partition coefficient (Wildman–Crippen LogP) is 0.508. The van der Waals surface area contributed by atoms with Gasteiger partial charge < -0.3 is 36.9 Å². The number of amides is 3. The highest BCUT2D eigenvalue weighted by Crippen LogP contribution is 2.19. The van der Waals surface area contributed by atoms with Crippen molar-refractivity contribution in [1.82, 2.24) is 20.9 Å². The molecule has 37 heavy (non-hydrogen) atoms. The number of fused-ring (bicyclic) bond motifs is 1. The van der Waals surface area contributed by atoms with E-state index in [2.05, 4.69) is 20.9 Å². The Hall–Kier alpha value is -3.93. The highest BCUT2D eigenvalue weighted by Gasteiger charge is 2.29. The van der Waals surface area contributed by atoms with Crippen molar-refractivity contribution in [3.05, 3.63) is 36.0 Å². The minimum atomic E-state index is -1.23. The molecule has 12 nitrogen and oxygen atoms in total. The number of carbonyl (C=O) groups is 5. The molecule has 0 fully saturated rings. The number of para-hydroxylation sites is 1. The Labute approximate surface area is 214 Å². The zero-order valence-corrected chi connectivity index (χ0v) is 21.1. The van der Waals surface area contributed by atoms with Gasteiger partial charge in [-0.1, -0.05) is 32.0 Å². The Morgan fingerprint density at radius 2 is 1.57 bits per heavy atom. The quantitative estimate of drug-likeness (QED) is 0.188. The molecule has 0 radical (unpaired) electrons. The number of carboxylic acid groups (broad SMARTS) is 2. The third-order valence-electron chi connectivity index (χ3n) is 5.81. The van der Waals surface area contributed by atoms with Crippen LogP contribution in [0.2, 0.25) is 0 Å². The van der Waals surface area contributed by atoms with Crippen LogP contribution < -0.4 is 21.7 Å². The second-order valence-corrected chi connectivity index (χ2v) is 9.42. The maximum Gasteiger partial charge on any atom is 0.326 e. The molecular weight excluding hydrogens is 482 g/mol. The zero-order chi connectivity index (χ0) is 27.7. The fourth-order valence-corrected chi connectivity index (χ4v) is 3.79. The molecule has 1 aromatic heterocycles. The number of aromatic nitrogens is 1. The first-order valence-corrected chi connectivity index (χ1v) is 12.0. The highest BCUT2D eigenvalue weighted by molar-refractivity contribution is 5.94. The largest absolute Gasteiger partial charge is 0.481 e. The van der Waals surface area contributed by atoms with E-state index in [1.54, 1.807) is 6.20 Å². The van der Waals surface area contributed by atoms with Gasteiger partial charge in [0, 0.05) is 29.9 Å². The molecule has 0 aliphatic carbocycles. The van der Waals surface area contributed by atoms with Crippen molar-refractivity contribution in [1.29, 1.82) is 0 Å². The number of H-pyrrole nitrogens is 1. The molecule has 0 saturated carbocycles. The van der Waals surface area contributed by atoms with Crippen molar-refractivity contribution in [3.8, 4) is 0 Å². The fraction of sp³-hybridized carbons (Fsp3) is 0.480. The number of rotatable bonds is 14. The van der Waals surface area contributed by atoms with Crippen molar-refractivity contribution in [2.24, 2.45) is 11.7 Å². The number of hydrogen-bond acceptors (Lipinski definition) is 6. The summed E-state index contributed by atoms with van der Waals surface area (Å²) in [4.78, 5) is 63.6. The number of carbonyl (C=O) groups excluding carboxylic acids is 3. The SMILES string of the molecule is CC(C)CC(NC(=O)C(N)CCC(=O)O)C(=O)NC(C)C(=O)NC(Cc1c[nH]c2ccccc12)C(=O)O. The number of nitrogens with two attached hydrogens (primary N) is 1. The molecule has 12 heteroatoms. The summed E-state index contributed by atoms with van der Waals surface area (Å²) < 4.78 is 0. The molecule has 0 bridgehead atoms. The Bertz CT molecular complexity index is 1130. The fourth-order valence-electron chi connectivity index (χ4n) is 3.79. The van der Waals surface area contributed by atoms with Crippen molar-refractivity contribution >= 4 is 40.6 Å². The first kappa shape index (κ1) is 29.3. The first-order chi connectivity index (χ1) is 17.4. The van der Waals surface area contributed by atoms with Gasteiger partial charge >= 0.3 is 11.9 Å². The molecule has 3 amide bonds. The third-order valence-corrected chi connectivity index (χ3v) is 5.81. The molecule has 0 spiro atoms. The standard InChI is InChI=1S/C25H35N5O7/c1-13(2)10-19(29-23(34)17(26)8-9-21(31)32)24(35)28-14(3)22(33)30-20(25(36)37)11-15-12-27-18-7-5-4-6-16(15)18/h4-7,12-14,17,19-20,27H,8-11,26H2,1-3H3,(H,28,35)(H,29,34)(H,30,33)(H,31,32)(H,36,37). The summed E-state index contributed by atoms with van der Waals surface area (Å²) in [6, 6.07) is 2.94. The van der Waals surface area contributed by atoms with E-state index in [1.165, 1.54) is 6.92 Å². The van der Waals surface area contributed by atoms with Crippen molar-refractivity contribution < 1.29 is 34.2 Å². The number of hydrogen-bond donors (Lipinski definition) is 7. The van der Waals surface area contributed by atoms with Crippen LogP contribution in [0, 0.1) is 5.92 Å². The maximum atomic E-state index is 12.9. The van der Waals surface area contributed by atoms with Gasteiger partial charge in [0.1, 0.15) is 18.1 Å². The van der Waals surface area contributed by atoms with E-state index in [4.69, 9.17) is 10.8 Å². The summed E-state index contributed by atoms with van der Waals surface area (Å²) in [7, 11) is 0. The van der Waals surface area contributed by atoms with Crippen molar-refractivity contribution in [2.75, 3.05) is 0 Å². The van der Waals surface area contributed by atoms with E-state index in [0.717, 1.165) is 16.5 Å². The second kappa shape index (κ2) is 13.4. The summed E-state index contributed by atoms with van der Waals surface area (Å²) in [6.07, 6.45) is 1.58. The van der Waals surface area contributed by atoms with Crippen LogP contribution in [-0.2, 0) is 30.4 Å². The molecule has 8 N–H and O–H groups in total. The third kappa shape index (κ3) is 8.90. The average molecular weight is 518 g/mol. The minimum absolute atomic E-state index is 0.00277. The predicted molar refractivity (Wildman–Crippen MR) is 135 cm³/mol. The molecule has 0 aliphatic rings. The van der Waals surface area contributed by atoms with Gasteiger partial charge in [-0.3, -0.25) is 19.2 Å². The van der Waals surface area contributed by atoms with Gasteiger partial charge in [-0.25, -0.2) is 4.79 Å². The van der Waals surface area contributed by atoms with Gasteiger partial charge in [-0.05, 0) is 37.3 Å². The molecule has 0 aliphatic heterocycles. The van der Waals surface area contributed by atoms with Gasteiger partial charge in [-0.2, -0.15) is 0 Å². The lowest BCUT2D eigenvalue weighted by molar-refractivity contribution is -0.142. The van der Waals surface area contributed by atoms with Crippen LogP contribution in [0.15, 0.2) is 30.5 Å². The highest BCUT2D eigenvalue weighted by atomic mass is 16.4. The van der Waals surface area contributed by atoms with Gasteiger partial charge in [-0.15, -0.1) is 0 Å². The normalized spacial score (nSPS) is 14.4.